The maximum Gasteiger partial charge on any atom is 0.232 e. The Morgan fingerprint density at radius 1 is 1.44 bits per heavy atom. The Balaban J connectivity index is 1.90. The molecule has 0 spiro atoms. The van der Waals surface area contributed by atoms with Gasteiger partial charge in [0.1, 0.15) is 5.82 Å². The van der Waals surface area contributed by atoms with Gasteiger partial charge in [0.05, 0.1) is 17.0 Å². The molecule has 0 bridgehead atoms. The molecule has 0 saturated carbocycles. The molecule has 1 aromatic heterocycles. The predicted octanol–water partition coefficient (Wildman–Crippen LogP) is 1.05. The van der Waals surface area contributed by atoms with Crippen molar-refractivity contribution < 1.29 is 4.79 Å². The van der Waals surface area contributed by atoms with Gasteiger partial charge in [0.2, 0.25) is 5.91 Å². The quantitative estimate of drug-likeness (QED) is 0.830. The summed E-state index contributed by atoms with van der Waals surface area (Å²) in [6.45, 7) is 3.50. The standard InChI is InChI=1S/C13H16N4O/c1-8-15-11-4-3-10(5-12(11)16-8)17(2)13(18)9-6-14-7-9/h3-5,9,14H,6-7H2,1-2H3,(H,15,16). The summed E-state index contributed by atoms with van der Waals surface area (Å²) in [5, 5.41) is 3.12. The second kappa shape index (κ2) is 4.10. The van der Waals surface area contributed by atoms with Crippen LogP contribution in [0.4, 0.5) is 5.69 Å². The van der Waals surface area contributed by atoms with Crippen LogP contribution in [0.1, 0.15) is 5.82 Å². The van der Waals surface area contributed by atoms with Crippen molar-refractivity contribution in [3.63, 3.8) is 0 Å². The van der Waals surface area contributed by atoms with Gasteiger partial charge in [0.15, 0.2) is 0 Å². The highest BCUT2D eigenvalue weighted by atomic mass is 16.2. The number of aromatic amines is 1. The summed E-state index contributed by atoms with van der Waals surface area (Å²) in [5.41, 5.74) is 2.81. The first-order valence-electron chi connectivity index (χ1n) is 6.10. The molecule has 0 atom stereocenters. The predicted molar refractivity (Wildman–Crippen MR) is 70.6 cm³/mol. The SMILES string of the molecule is Cc1nc2ccc(N(C)C(=O)C3CNC3)cc2[nH]1. The molecule has 94 valence electrons. The van der Waals surface area contributed by atoms with Crippen molar-refractivity contribution in [1.82, 2.24) is 15.3 Å². The van der Waals surface area contributed by atoms with E-state index in [1.54, 1.807) is 4.90 Å². The summed E-state index contributed by atoms with van der Waals surface area (Å²) in [6.07, 6.45) is 0. The number of anilines is 1. The van der Waals surface area contributed by atoms with Gasteiger partial charge < -0.3 is 15.2 Å². The van der Waals surface area contributed by atoms with Crippen LogP contribution in [0.25, 0.3) is 11.0 Å². The summed E-state index contributed by atoms with van der Waals surface area (Å²) in [4.78, 5) is 21.4. The van der Waals surface area contributed by atoms with Crippen molar-refractivity contribution in [2.45, 2.75) is 6.92 Å². The van der Waals surface area contributed by atoms with Crippen LogP contribution in [0.3, 0.4) is 0 Å². The van der Waals surface area contributed by atoms with E-state index in [0.29, 0.717) is 0 Å². The molecular weight excluding hydrogens is 228 g/mol. The Morgan fingerprint density at radius 3 is 2.89 bits per heavy atom. The number of rotatable bonds is 2. The van der Waals surface area contributed by atoms with Crippen molar-refractivity contribution in [3.8, 4) is 0 Å². The lowest BCUT2D eigenvalue weighted by molar-refractivity contribution is -0.123. The van der Waals surface area contributed by atoms with Crippen LogP contribution in [0, 0.1) is 12.8 Å². The number of benzene rings is 1. The number of aryl methyl sites for hydroxylation is 1. The summed E-state index contributed by atoms with van der Waals surface area (Å²) in [5.74, 6) is 1.18. The molecule has 1 fully saturated rings. The van der Waals surface area contributed by atoms with Gasteiger partial charge in [-0.2, -0.15) is 0 Å². The molecule has 1 aromatic carbocycles. The number of aromatic nitrogens is 2. The number of carbonyl (C=O) groups excluding carboxylic acids is 1. The van der Waals surface area contributed by atoms with Crippen molar-refractivity contribution >= 4 is 22.6 Å². The highest BCUT2D eigenvalue weighted by Gasteiger charge is 2.28. The molecule has 0 aliphatic carbocycles. The van der Waals surface area contributed by atoms with Crippen LogP contribution in [0.5, 0.6) is 0 Å². The third kappa shape index (κ3) is 1.76. The van der Waals surface area contributed by atoms with Gasteiger partial charge in [-0.15, -0.1) is 0 Å². The zero-order chi connectivity index (χ0) is 12.7. The van der Waals surface area contributed by atoms with Crippen molar-refractivity contribution in [2.75, 3.05) is 25.0 Å². The number of nitrogens with zero attached hydrogens (tertiary/aromatic N) is 2. The maximum atomic E-state index is 12.1. The first kappa shape index (κ1) is 11.2. The van der Waals surface area contributed by atoms with Gasteiger partial charge in [-0.05, 0) is 25.1 Å². The first-order valence-corrected chi connectivity index (χ1v) is 6.10. The van der Waals surface area contributed by atoms with E-state index in [1.807, 2.05) is 32.2 Å². The molecule has 1 aliphatic heterocycles. The molecule has 18 heavy (non-hydrogen) atoms. The van der Waals surface area contributed by atoms with Crippen molar-refractivity contribution in [1.29, 1.82) is 0 Å². The van der Waals surface area contributed by atoms with Gasteiger partial charge in [0.25, 0.3) is 0 Å². The van der Waals surface area contributed by atoms with Crippen LogP contribution in [-0.2, 0) is 4.79 Å². The van der Waals surface area contributed by atoms with Crippen molar-refractivity contribution in [3.05, 3.63) is 24.0 Å². The van der Waals surface area contributed by atoms with E-state index in [1.165, 1.54) is 0 Å². The van der Waals surface area contributed by atoms with E-state index in [2.05, 4.69) is 15.3 Å². The molecule has 3 rings (SSSR count). The summed E-state index contributed by atoms with van der Waals surface area (Å²) >= 11 is 0. The minimum Gasteiger partial charge on any atom is -0.342 e. The zero-order valence-electron chi connectivity index (χ0n) is 10.5. The average molecular weight is 244 g/mol. The molecule has 2 aromatic rings. The topological polar surface area (TPSA) is 61.0 Å². The molecule has 5 heteroatoms. The Hall–Kier alpha value is -1.88. The molecule has 2 heterocycles. The van der Waals surface area contributed by atoms with E-state index >= 15 is 0 Å². The molecule has 0 unspecified atom stereocenters. The third-order valence-electron chi connectivity index (χ3n) is 3.43. The number of fused-ring (bicyclic) bond motifs is 1. The number of imidazole rings is 1. The maximum absolute atomic E-state index is 12.1. The fraction of sp³-hybridized carbons (Fsp3) is 0.385. The van der Waals surface area contributed by atoms with Gasteiger partial charge in [-0.25, -0.2) is 4.98 Å². The van der Waals surface area contributed by atoms with Crippen LogP contribution in [0.15, 0.2) is 18.2 Å². The Labute approximate surface area is 105 Å². The number of hydrogen-bond donors (Lipinski definition) is 2. The van der Waals surface area contributed by atoms with E-state index in [0.717, 1.165) is 35.6 Å². The zero-order valence-corrected chi connectivity index (χ0v) is 10.5. The van der Waals surface area contributed by atoms with Gasteiger partial charge in [0, 0.05) is 25.8 Å². The largest absolute Gasteiger partial charge is 0.342 e. The number of nitrogens with one attached hydrogen (secondary N) is 2. The second-order valence-electron chi connectivity index (χ2n) is 4.78. The highest BCUT2D eigenvalue weighted by molar-refractivity contribution is 5.97. The van der Waals surface area contributed by atoms with E-state index in [9.17, 15) is 4.79 Å². The second-order valence-corrected chi connectivity index (χ2v) is 4.78. The minimum atomic E-state index is 0.120. The van der Waals surface area contributed by atoms with E-state index in [-0.39, 0.29) is 11.8 Å². The Bertz CT molecular complexity index is 600. The van der Waals surface area contributed by atoms with Crippen LogP contribution < -0.4 is 10.2 Å². The molecule has 1 saturated heterocycles. The number of hydrogen-bond acceptors (Lipinski definition) is 3. The average Bonchev–Trinajstić information content (AvgIpc) is 2.64. The number of H-pyrrole nitrogens is 1. The van der Waals surface area contributed by atoms with Gasteiger partial charge in [-0.3, -0.25) is 4.79 Å². The Kier molecular flexibility index (Phi) is 2.56. The molecule has 1 amide bonds. The van der Waals surface area contributed by atoms with Crippen molar-refractivity contribution in [2.24, 2.45) is 5.92 Å². The normalized spacial score (nSPS) is 15.7. The monoisotopic (exact) mass is 244 g/mol. The fourth-order valence-corrected chi connectivity index (χ4v) is 2.20. The minimum absolute atomic E-state index is 0.120. The molecule has 1 aliphatic rings. The molecule has 5 nitrogen and oxygen atoms in total. The van der Waals surface area contributed by atoms with E-state index in [4.69, 9.17) is 0 Å². The number of amides is 1. The molecular formula is C13H16N4O. The van der Waals surface area contributed by atoms with Crippen LogP contribution >= 0.6 is 0 Å². The lowest BCUT2D eigenvalue weighted by Gasteiger charge is -2.30. The lowest BCUT2D eigenvalue weighted by atomic mass is 10.0. The smallest absolute Gasteiger partial charge is 0.232 e. The van der Waals surface area contributed by atoms with Gasteiger partial charge in [-0.1, -0.05) is 0 Å². The van der Waals surface area contributed by atoms with Crippen LogP contribution in [-0.4, -0.2) is 36.0 Å². The lowest BCUT2D eigenvalue weighted by Crippen LogP contribution is -2.51. The third-order valence-corrected chi connectivity index (χ3v) is 3.43. The summed E-state index contributed by atoms with van der Waals surface area (Å²) < 4.78 is 0. The fourth-order valence-electron chi connectivity index (χ4n) is 2.20. The first-order chi connectivity index (χ1) is 8.65. The highest BCUT2D eigenvalue weighted by Crippen LogP contribution is 2.21. The van der Waals surface area contributed by atoms with Gasteiger partial charge >= 0.3 is 0 Å². The molecule has 2 N–H and O–H groups in total. The summed E-state index contributed by atoms with van der Waals surface area (Å²) in [6, 6.07) is 5.85. The van der Waals surface area contributed by atoms with Crippen LogP contribution in [0.2, 0.25) is 0 Å². The van der Waals surface area contributed by atoms with E-state index < -0.39 is 0 Å². The Morgan fingerprint density at radius 2 is 2.22 bits per heavy atom. The summed E-state index contributed by atoms with van der Waals surface area (Å²) in [7, 11) is 1.82. The molecule has 0 radical (unpaired) electrons. The number of carbonyl (C=O) groups is 1.